The van der Waals surface area contributed by atoms with Gasteiger partial charge in [-0.1, -0.05) is 12.1 Å². The maximum Gasteiger partial charge on any atom is 0.251 e. The summed E-state index contributed by atoms with van der Waals surface area (Å²) in [6.07, 6.45) is 1.92. The molecule has 1 fully saturated rings. The Morgan fingerprint density at radius 3 is 2.75 bits per heavy atom. The Bertz CT molecular complexity index is 745. The Kier molecular flexibility index (Phi) is 4.92. The van der Waals surface area contributed by atoms with Crippen LogP contribution in [0.1, 0.15) is 34.8 Å². The van der Waals surface area contributed by atoms with Gasteiger partial charge in [-0.05, 0) is 48.5 Å². The van der Waals surface area contributed by atoms with Gasteiger partial charge in [-0.2, -0.15) is 0 Å². The zero-order chi connectivity index (χ0) is 17.1. The predicted molar refractivity (Wildman–Crippen MR) is 91.4 cm³/mol. The fraction of sp³-hybridized carbons (Fsp3) is 0.294. The van der Waals surface area contributed by atoms with Crippen molar-refractivity contribution >= 4 is 28.2 Å². The molecule has 24 heavy (non-hydrogen) atoms. The number of thiophene rings is 1. The number of rotatable bonds is 5. The van der Waals surface area contributed by atoms with Crippen molar-refractivity contribution in [3.63, 3.8) is 0 Å². The summed E-state index contributed by atoms with van der Waals surface area (Å²) >= 11 is 1.27. The summed E-state index contributed by atoms with van der Waals surface area (Å²) in [7, 11) is 0. The zero-order valence-electron chi connectivity index (χ0n) is 13.0. The smallest absolute Gasteiger partial charge is 0.251 e. The van der Waals surface area contributed by atoms with E-state index in [2.05, 4.69) is 10.2 Å². The van der Waals surface area contributed by atoms with Crippen LogP contribution in [0.3, 0.4) is 0 Å². The van der Waals surface area contributed by atoms with Gasteiger partial charge in [0.25, 0.3) is 5.91 Å². The molecule has 1 aromatic heterocycles. The van der Waals surface area contributed by atoms with Crippen molar-refractivity contribution in [1.29, 1.82) is 0 Å². The molecule has 0 saturated carbocycles. The van der Waals surface area contributed by atoms with E-state index in [1.807, 2.05) is 0 Å². The van der Waals surface area contributed by atoms with E-state index in [-0.39, 0.29) is 24.3 Å². The van der Waals surface area contributed by atoms with Crippen LogP contribution in [-0.2, 0) is 4.79 Å². The normalized spacial score (nSPS) is 17.8. The van der Waals surface area contributed by atoms with Crippen LogP contribution in [0, 0.1) is 5.82 Å². The number of anilines is 1. The maximum absolute atomic E-state index is 13.1. The Morgan fingerprint density at radius 2 is 2.04 bits per heavy atom. The molecule has 1 saturated heterocycles. The van der Waals surface area contributed by atoms with Crippen molar-refractivity contribution in [3.8, 4) is 0 Å². The van der Waals surface area contributed by atoms with Gasteiger partial charge in [-0.3, -0.25) is 14.5 Å². The largest absolute Gasteiger partial charge is 0.366 e. The number of benzene rings is 1. The standard InChI is InChI=1S/C17H18FN3O2S/c18-12-5-3-11(4-6-12)14-2-1-8-21(14)10-15(22)20-17-13(16(19)23)7-9-24-17/h3-7,9,14H,1-2,8,10H2,(H2,19,23)(H,20,22). The second-order valence-corrected chi connectivity index (χ2v) is 6.67. The van der Waals surface area contributed by atoms with Gasteiger partial charge >= 0.3 is 0 Å². The van der Waals surface area contributed by atoms with E-state index in [1.165, 1.54) is 23.5 Å². The number of carbonyl (C=O) groups excluding carboxylic acids is 2. The Hall–Kier alpha value is -2.25. The first-order valence-corrected chi connectivity index (χ1v) is 8.59. The molecule has 1 aliphatic rings. The molecule has 0 aliphatic carbocycles. The first kappa shape index (κ1) is 16.6. The van der Waals surface area contributed by atoms with E-state index in [4.69, 9.17) is 5.73 Å². The number of amides is 2. The highest BCUT2D eigenvalue weighted by Gasteiger charge is 2.27. The molecule has 5 nitrogen and oxygen atoms in total. The van der Waals surface area contributed by atoms with Crippen molar-refractivity contribution in [2.24, 2.45) is 5.73 Å². The third-order valence-corrected chi connectivity index (χ3v) is 4.98. The minimum atomic E-state index is -0.558. The average Bonchev–Trinajstić information content (AvgIpc) is 3.17. The molecule has 3 N–H and O–H groups in total. The van der Waals surface area contributed by atoms with Crippen LogP contribution in [0.25, 0.3) is 0 Å². The van der Waals surface area contributed by atoms with Gasteiger partial charge in [0, 0.05) is 6.04 Å². The second-order valence-electron chi connectivity index (χ2n) is 5.76. The average molecular weight is 347 g/mol. The van der Waals surface area contributed by atoms with Crippen molar-refractivity contribution in [2.75, 3.05) is 18.4 Å². The first-order chi connectivity index (χ1) is 11.5. The summed E-state index contributed by atoms with van der Waals surface area (Å²) in [4.78, 5) is 25.7. The van der Waals surface area contributed by atoms with Crippen LogP contribution >= 0.6 is 11.3 Å². The van der Waals surface area contributed by atoms with Crippen LogP contribution in [0.5, 0.6) is 0 Å². The molecule has 7 heteroatoms. The van der Waals surface area contributed by atoms with Crippen LogP contribution in [0.4, 0.5) is 9.39 Å². The van der Waals surface area contributed by atoms with Crippen LogP contribution in [0.2, 0.25) is 0 Å². The summed E-state index contributed by atoms with van der Waals surface area (Å²) < 4.78 is 13.1. The third kappa shape index (κ3) is 3.63. The quantitative estimate of drug-likeness (QED) is 0.873. The minimum absolute atomic E-state index is 0.107. The van der Waals surface area contributed by atoms with E-state index in [1.54, 1.807) is 23.6 Å². The highest BCUT2D eigenvalue weighted by Crippen LogP contribution is 2.32. The molecular formula is C17H18FN3O2S. The highest BCUT2D eigenvalue weighted by molar-refractivity contribution is 7.14. The van der Waals surface area contributed by atoms with Crippen LogP contribution in [-0.4, -0.2) is 29.8 Å². The number of nitrogens with one attached hydrogen (secondary N) is 1. The van der Waals surface area contributed by atoms with Crippen molar-refractivity contribution in [3.05, 3.63) is 52.7 Å². The fourth-order valence-electron chi connectivity index (χ4n) is 3.03. The summed E-state index contributed by atoms with van der Waals surface area (Å²) in [5.41, 5.74) is 6.62. The lowest BCUT2D eigenvalue weighted by molar-refractivity contribution is -0.117. The number of halogens is 1. The van der Waals surface area contributed by atoms with Crippen LogP contribution < -0.4 is 11.1 Å². The van der Waals surface area contributed by atoms with Gasteiger partial charge in [0.1, 0.15) is 10.8 Å². The second kappa shape index (κ2) is 7.11. The molecule has 0 bridgehead atoms. The van der Waals surface area contributed by atoms with E-state index in [0.29, 0.717) is 10.6 Å². The van der Waals surface area contributed by atoms with E-state index >= 15 is 0 Å². The number of nitrogens with zero attached hydrogens (tertiary/aromatic N) is 1. The summed E-state index contributed by atoms with van der Waals surface area (Å²) in [6.45, 7) is 1.03. The zero-order valence-corrected chi connectivity index (χ0v) is 13.8. The summed E-state index contributed by atoms with van der Waals surface area (Å²) in [5, 5.41) is 4.95. The SMILES string of the molecule is NC(=O)c1ccsc1NC(=O)CN1CCCC1c1ccc(F)cc1. The van der Waals surface area contributed by atoms with Gasteiger partial charge in [0.05, 0.1) is 12.1 Å². The molecule has 1 aliphatic heterocycles. The Balaban J connectivity index is 1.66. The first-order valence-electron chi connectivity index (χ1n) is 7.71. The van der Waals surface area contributed by atoms with Crippen molar-refractivity contribution < 1.29 is 14.0 Å². The van der Waals surface area contributed by atoms with E-state index < -0.39 is 5.91 Å². The highest BCUT2D eigenvalue weighted by atomic mass is 32.1. The number of likely N-dealkylation sites (tertiary alicyclic amines) is 1. The number of primary amides is 1. The van der Waals surface area contributed by atoms with Crippen molar-refractivity contribution in [2.45, 2.75) is 18.9 Å². The molecule has 2 heterocycles. The van der Waals surface area contributed by atoms with E-state index in [9.17, 15) is 14.0 Å². The van der Waals surface area contributed by atoms with Gasteiger partial charge in [0.15, 0.2) is 0 Å². The van der Waals surface area contributed by atoms with Gasteiger partial charge in [-0.25, -0.2) is 4.39 Å². The molecule has 0 spiro atoms. The van der Waals surface area contributed by atoms with E-state index in [0.717, 1.165) is 24.9 Å². The third-order valence-electron chi connectivity index (χ3n) is 4.15. The maximum atomic E-state index is 13.1. The molecular weight excluding hydrogens is 329 g/mol. The number of carbonyl (C=O) groups is 2. The lowest BCUT2D eigenvalue weighted by Crippen LogP contribution is -2.33. The minimum Gasteiger partial charge on any atom is -0.366 e. The number of hydrogen-bond acceptors (Lipinski definition) is 4. The molecule has 1 atom stereocenters. The number of nitrogens with two attached hydrogens (primary N) is 1. The van der Waals surface area contributed by atoms with Gasteiger partial charge in [-0.15, -0.1) is 11.3 Å². The molecule has 0 radical (unpaired) electrons. The lowest BCUT2D eigenvalue weighted by Gasteiger charge is -2.24. The lowest BCUT2D eigenvalue weighted by atomic mass is 10.0. The van der Waals surface area contributed by atoms with Crippen LogP contribution in [0.15, 0.2) is 35.7 Å². The summed E-state index contributed by atoms with van der Waals surface area (Å²) in [5.74, 6) is -1.01. The van der Waals surface area contributed by atoms with Gasteiger partial charge < -0.3 is 11.1 Å². The molecule has 1 unspecified atom stereocenters. The molecule has 126 valence electrons. The van der Waals surface area contributed by atoms with Gasteiger partial charge in [0.2, 0.25) is 5.91 Å². The monoisotopic (exact) mass is 347 g/mol. The Labute approximate surface area is 143 Å². The Morgan fingerprint density at radius 1 is 1.29 bits per heavy atom. The molecule has 1 aromatic carbocycles. The predicted octanol–water partition coefficient (Wildman–Crippen LogP) is 2.76. The summed E-state index contributed by atoms with van der Waals surface area (Å²) in [6, 6.07) is 8.12. The fourth-order valence-corrected chi connectivity index (χ4v) is 3.84. The number of hydrogen-bond donors (Lipinski definition) is 2. The molecule has 2 amide bonds. The molecule has 2 aromatic rings. The topological polar surface area (TPSA) is 75.4 Å². The molecule has 3 rings (SSSR count). The van der Waals surface area contributed by atoms with Crippen molar-refractivity contribution in [1.82, 2.24) is 4.90 Å².